The number of halogens is 2. The zero-order valence-electron chi connectivity index (χ0n) is 11.3. The fourth-order valence-corrected chi connectivity index (χ4v) is 3.52. The summed E-state index contributed by atoms with van der Waals surface area (Å²) < 4.78 is 24.5. The molecule has 21 heavy (non-hydrogen) atoms. The van der Waals surface area contributed by atoms with Crippen LogP contribution < -0.4 is 0 Å². The van der Waals surface area contributed by atoms with E-state index in [0.29, 0.717) is 10.6 Å². The maximum Gasteiger partial charge on any atom is 0.181 e. The van der Waals surface area contributed by atoms with E-state index in [2.05, 4.69) is 0 Å². The Balaban J connectivity index is 2.23. The van der Waals surface area contributed by atoms with Gasteiger partial charge in [0.25, 0.3) is 0 Å². The van der Waals surface area contributed by atoms with Crippen LogP contribution in [0.5, 0.6) is 0 Å². The minimum Gasteiger partial charge on any atom is -0.387 e. The minimum atomic E-state index is -3.57. The number of aliphatic hydroxyl groups excluding tert-OH is 1. The molecular formula is C15H14Cl2O3S. The van der Waals surface area contributed by atoms with Gasteiger partial charge in [0, 0.05) is 0 Å². The summed E-state index contributed by atoms with van der Waals surface area (Å²) in [6.45, 7) is 1.88. The van der Waals surface area contributed by atoms with Crippen molar-refractivity contribution >= 4 is 33.0 Å². The van der Waals surface area contributed by atoms with Gasteiger partial charge in [-0.3, -0.25) is 0 Å². The molecule has 0 aromatic heterocycles. The van der Waals surface area contributed by atoms with Gasteiger partial charge < -0.3 is 5.11 Å². The van der Waals surface area contributed by atoms with Gasteiger partial charge in [-0.1, -0.05) is 47.0 Å². The van der Waals surface area contributed by atoms with Crippen LogP contribution in [-0.4, -0.2) is 19.3 Å². The summed E-state index contributed by atoms with van der Waals surface area (Å²) in [6.07, 6.45) is -1.16. The van der Waals surface area contributed by atoms with Gasteiger partial charge in [-0.15, -0.1) is 0 Å². The first-order valence-electron chi connectivity index (χ1n) is 6.22. The van der Waals surface area contributed by atoms with E-state index in [0.717, 1.165) is 5.56 Å². The first-order valence-corrected chi connectivity index (χ1v) is 8.63. The molecule has 3 nitrogen and oxygen atoms in total. The van der Waals surface area contributed by atoms with Crippen LogP contribution in [0.4, 0.5) is 0 Å². The Kier molecular flexibility index (Phi) is 4.94. The van der Waals surface area contributed by atoms with E-state index < -0.39 is 21.7 Å². The van der Waals surface area contributed by atoms with Crippen molar-refractivity contribution in [2.75, 3.05) is 5.75 Å². The minimum absolute atomic E-state index is 0.187. The first-order chi connectivity index (χ1) is 9.79. The van der Waals surface area contributed by atoms with E-state index in [-0.39, 0.29) is 9.92 Å². The molecule has 0 amide bonds. The molecule has 2 aromatic carbocycles. The van der Waals surface area contributed by atoms with Gasteiger partial charge in [0.1, 0.15) is 0 Å². The van der Waals surface area contributed by atoms with Gasteiger partial charge in [-0.2, -0.15) is 0 Å². The Hall–Kier alpha value is -1.07. The number of aryl methyl sites for hydroxylation is 1. The molecule has 0 aliphatic heterocycles. The van der Waals surface area contributed by atoms with Crippen LogP contribution in [0.2, 0.25) is 10.0 Å². The van der Waals surface area contributed by atoms with Crippen LogP contribution in [-0.2, 0) is 9.84 Å². The Labute approximate surface area is 134 Å². The van der Waals surface area contributed by atoms with Crippen LogP contribution >= 0.6 is 23.2 Å². The van der Waals surface area contributed by atoms with E-state index >= 15 is 0 Å². The molecule has 1 atom stereocenters. The van der Waals surface area contributed by atoms with E-state index in [1.54, 1.807) is 18.2 Å². The van der Waals surface area contributed by atoms with Crippen molar-refractivity contribution in [2.24, 2.45) is 0 Å². The van der Waals surface area contributed by atoms with Gasteiger partial charge in [-0.05, 0) is 36.8 Å². The van der Waals surface area contributed by atoms with E-state index in [9.17, 15) is 13.5 Å². The van der Waals surface area contributed by atoms with Crippen LogP contribution in [0.25, 0.3) is 0 Å². The molecule has 1 unspecified atom stereocenters. The standard InChI is InChI=1S/C15H14Cl2O3S/c1-10-2-5-12(6-3-10)21(19,20)9-15(18)11-4-7-13(16)14(17)8-11/h2-8,15,18H,9H2,1H3. The van der Waals surface area contributed by atoms with Crippen LogP contribution in [0.1, 0.15) is 17.2 Å². The summed E-state index contributed by atoms with van der Waals surface area (Å²) in [7, 11) is -3.57. The first kappa shape index (κ1) is 16.3. The third-order valence-corrected chi connectivity index (χ3v) is 5.57. The summed E-state index contributed by atoms with van der Waals surface area (Å²) in [5, 5.41) is 10.7. The molecule has 6 heteroatoms. The van der Waals surface area contributed by atoms with Gasteiger partial charge in [-0.25, -0.2) is 8.42 Å². The number of hydrogen-bond donors (Lipinski definition) is 1. The Morgan fingerprint density at radius 2 is 1.67 bits per heavy atom. The second-order valence-electron chi connectivity index (χ2n) is 4.78. The molecule has 0 fully saturated rings. The SMILES string of the molecule is Cc1ccc(S(=O)(=O)CC(O)c2ccc(Cl)c(Cl)c2)cc1. The zero-order chi connectivity index (χ0) is 15.6. The summed E-state index contributed by atoms with van der Waals surface area (Å²) in [5.41, 5.74) is 1.39. The van der Waals surface area contributed by atoms with Crippen molar-refractivity contribution in [3.63, 3.8) is 0 Å². The summed E-state index contributed by atoms with van der Waals surface area (Å²) >= 11 is 11.7. The molecule has 0 bridgehead atoms. The zero-order valence-corrected chi connectivity index (χ0v) is 13.6. The molecule has 112 valence electrons. The fraction of sp³-hybridized carbons (Fsp3) is 0.200. The average Bonchev–Trinajstić information content (AvgIpc) is 2.41. The number of benzene rings is 2. The molecule has 0 aliphatic carbocycles. The molecule has 0 saturated carbocycles. The number of hydrogen-bond acceptors (Lipinski definition) is 3. The molecule has 2 aromatic rings. The predicted octanol–water partition coefficient (Wildman–Crippen LogP) is 3.81. The van der Waals surface area contributed by atoms with E-state index in [4.69, 9.17) is 23.2 Å². The van der Waals surface area contributed by atoms with Gasteiger partial charge >= 0.3 is 0 Å². The number of aliphatic hydroxyl groups is 1. The second-order valence-corrected chi connectivity index (χ2v) is 7.63. The maximum atomic E-state index is 12.3. The number of rotatable bonds is 4. The van der Waals surface area contributed by atoms with Crippen molar-refractivity contribution in [1.82, 2.24) is 0 Å². The molecule has 0 radical (unpaired) electrons. The molecule has 0 spiro atoms. The normalized spacial score (nSPS) is 13.1. The molecule has 2 rings (SSSR count). The smallest absolute Gasteiger partial charge is 0.181 e. The van der Waals surface area contributed by atoms with Crippen LogP contribution in [0.3, 0.4) is 0 Å². The largest absolute Gasteiger partial charge is 0.387 e. The van der Waals surface area contributed by atoms with Crippen molar-refractivity contribution in [1.29, 1.82) is 0 Å². The topological polar surface area (TPSA) is 54.4 Å². The lowest BCUT2D eigenvalue weighted by Crippen LogP contribution is -2.14. The van der Waals surface area contributed by atoms with Crippen molar-refractivity contribution in [3.05, 3.63) is 63.6 Å². The molecule has 0 saturated heterocycles. The van der Waals surface area contributed by atoms with Crippen molar-refractivity contribution in [2.45, 2.75) is 17.9 Å². The van der Waals surface area contributed by atoms with Gasteiger partial charge in [0.15, 0.2) is 9.84 Å². The van der Waals surface area contributed by atoms with Crippen molar-refractivity contribution < 1.29 is 13.5 Å². The van der Waals surface area contributed by atoms with Crippen LogP contribution in [0, 0.1) is 6.92 Å². The van der Waals surface area contributed by atoms with E-state index in [1.165, 1.54) is 24.3 Å². The summed E-state index contributed by atoms with van der Waals surface area (Å²) in [4.78, 5) is 0.187. The predicted molar refractivity (Wildman–Crippen MR) is 84.7 cm³/mol. The Morgan fingerprint density at radius 3 is 2.24 bits per heavy atom. The molecule has 0 heterocycles. The third-order valence-electron chi connectivity index (χ3n) is 3.09. The lowest BCUT2D eigenvalue weighted by Gasteiger charge is -2.12. The summed E-state index contributed by atoms with van der Waals surface area (Å²) in [6, 6.07) is 11.1. The monoisotopic (exact) mass is 344 g/mol. The maximum absolute atomic E-state index is 12.3. The van der Waals surface area contributed by atoms with Crippen LogP contribution in [0.15, 0.2) is 47.4 Å². The molecule has 1 N–H and O–H groups in total. The van der Waals surface area contributed by atoms with Gasteiger partial charge in [0.05, 0.1) is 26.8 Å². The Bertz CT molecular complexity index is 740. The van der Waals surface area contributed by atoms with E-state index in [1.807, 2.05) is 6.92 Å². The fourth-order valence-electron chi connectivity index (χ4n) is 1.87. The molecular weight excluding hydrogens is 331 g/mol. The highest BCUT2D eigenvalue weighted by Gasteiger charge is 2.21. The van der Waals surface area contributed by atoms with Crippen molar-refractivity contribution in [3.8, 4) is 0 Å². The second kappa shape index (κ2) is 6.36. The third kappa shape index (κ3) is 3.98. The molecule has 0 aliphatic rings. The highest BCUT2D eigenvalue weighted by molar-refractivity contribution is 7.91. The lowest BCUT2D eigenvalue weighted by molar-refractivity contribution is 0.201. The Morgan fingerprint density at radius 1 is 1.05 bits per heavy atom. The van der Waals surface area contributed by atoms with Gasteiger partial charge in [0.2, 0.25) is 0 Å². The quantitative estimate of drug-likeness (QED) is 0.917. The summed E-state index contributed by atoms with van der Waals surface area (Å²) in [5.74, 6) is -0.409. The number of sulfone groups is 1. The highest BCUT2D eigenvalue weighted by atomic mass is 35.5. The average molecular weight is 345 g/mol. The lowest BCUT2D eigenvalue weighted by atomic mass is 10.1. The highest BCUT2D eigenvalue weighted by Crippen LogP contribution is 2.27.